The predicted octanol–water partition coefficient (Wildman–Crippen LogP) is 3.52. The highest BCUT2D eigenvalue weighted by molar-refractivity contribution is 6.33. The molecule has 0 bridgehead atoms. The van der Waals surface area contributed by atoms with Gasteiger partial charge in [0.1, 0.15) is 11.5 Å². The van der Waals surface area contributed by atoms with Gasteiger partial charge in [-0.2, -0.15) is 0 Å². The molecule has 7 heteroatoms. The van der Waals surface area contributed by atoms with Gasteiger partial charge in [0, 0.05) is 18.0 Å². The molecule has 1 atom stereocenters. The average Bonchev–Trinajstić information content (AvgIpc) is 3.06. The van der Waals surface area contributed by atoms with Gasteiger partial charge >= 0.3 is 6.09 Å². The van der Waals surface area contributed by atoms with E-state index in [-0.39, 0.29) is 6.04 Å². The van der Waals surface area contributed by atoms with E-state index in [1.54, 1.807) is 32.3 Å². The Balaban J connectivity index is 2.02. The van der Waals surface area contributed by atoms with E-state index in [0.717, 1.165) is 11.1 Å². The summed E-state index contributed by atoms with van der Waals surface area (Å²) < 4.78 is 5.63. The largest absolute Gasteiger partial charge is 0.465 e. The second-order valence-electron chi connectivity index (χ2n) is 5.60. The first-order chi connectivity index (χ1) is 10.4. The third kappa shape index (κ3) is 2.44. The van der Waals surface area contributed by atoms with Crippen LogP contribution in [0.4, 0.5) is 4.79 Å². The van der Waals surface area contributed by atoms with Crippen LogP contribution in [0, 0.1) is 0 Å². The summed E-state index contributed by atoms with van der Waals surface area (Å²) >= 11 is 6.23. The van der Waals surface area contributed by atoms with Gasteiger partial charge < -0.3 is 14.8 Å². The van der Waals surface area contributed by atoms with Crippen LogP contribution >= 0.6 is 11.6 Å². The molecule has 1 saturated heterocycles. The first-order valence-electron chi connectivity index (χ1n) is 6.85. The van der Waals surface area contributed by atoms with E-state index < -0.39 is 11.8 Å². The molecule has 1 aliphatic rings. The molecule has 0 radical (unpaired) electrons. The lowest BCUT2D eigenvalue weighted by Gasteiger charge is -2.31. The summed E-state index contributed by atoms with van der Waals surface area (Å²) in [6, 6.07) is 5.05. The van der Waals surface area contributed by atoms with E-state index in [2.05, 4.69) is 9.97 Å². The summed E-state index contributed by atoms with van der Waals surface area (Å²) in [7, 11) is 0. The van der Waals surface area contributed by atoms with Crippen LogP contribution in [0.3, 0.4) is 0 Å². The van der Waals surface area contributed by atoms with Crippen LogP contribution in [0.2, 0.25) is 5.02 Å². The van der Waals surface area contributed by atoms with Gasteiger partial charge in [-0.15, -0.1) is 0 Å². The Morgan fingerprint density at radius 3 is 2.95 bits per heavy atom. The monoisotopic (exact) mass is 321 g/mol. The van der Waals surface area contributed by atoms with Crippen molar-refractivity contribution in [1.82, 2.24) is 14.9 Å². The molecule has 2 aromatic rings. The summed E-state index contributed by atoms with van der Waals surface area (Å²) in [6.45, 7) is 3.79. The number of benzene rings is 1. The number of hydrogen-bond donors (Lipinski definition) is 2. The number of amides is 1. The summed E-state index contributed by atoms with van der Waals surface area (Å²) in [5, 5.41) is 10.0. The van der Waals surface area contributed by atoms with Crippen LogP contribution in [-0.4, -0.2) is 38.4 Å². The number of imidazole rings is 1. The summed E-state index contributed by atoms with van der Waals surface area (Å²) in [5.41, 5.74) is 0.698. The fourth-order valence-electron chi connectivity index (χ4n) is 2.76. The highest BCUT2D eigenvalue weighted by Crippen LogP contribution is 2.38. The topological polar surface area (TPSA) is 78.5 Å². The molecule has 0 saturated carbocycles. The molecule has 0 unspecified atom stereocenters. The molecule has 1 fully saturated rings. The van der Waals surface area contributed by atoms with Crippen molar-refractivity contribution in [3.8, 4) is 11.4 Å². The van der Waals surface area contributed by atoms with Crippen molar-refractivity contribution in [3.05, 3.63) is 41.2 Å². The maximum Gasteiger partial charge on any atom is 0.410 e. The average molecular weight is 322 g/mol. The molecule has 116 valence electrons. The lowest BCUT2D eigenvalue weighted by Crippen LogP contribution is -2.44. The molecule has 22 heavy (non-hydrogen) atoms. The lowest BCUT2D eigenvalue weighted by molar-refractivity contribution is -0.0420. The SMILES string of the molecule is CC1(C)OC[C@H](c2ccc(Cl)c(-c3ncc[nH]3)c2)N1C(=O)O. The minimum atomic E-state index is -1.01. The Kier molecular flexibility index (Phi) is 3.58. The maximum absolute atomic E-state index is 11.6. The van der Waals surface area contributed by atoms with Crippen LogP contribution in [0.15, 0.2) is 30.6 Å². The van der Waals surface area contributed by atoms with Gasteiger partial charge in [-0.05, 0) is 31.5 Å². The van der Waals surface area contributed by atoms with E-state index in [0.29, 0.717) is 17.5 Å². The Hall–Kier alpha value is -2.05. The van der Waals surface area contributed by atoms with Crippen molar-refractivity contribution in [2.75, 3.05) is 6.61 Å². The summed E-state index contributed by atoms with van der Waals surface area (Å²) in [6.07, 6.45) is 2.34. The van der Waals surface area contributed by atoms with Gasteiger partial charge in [-0.3, -0.25) is 4.90 Å². The van der Waals surface area contributed by atoms with Crippen LogP contribution in [0.5, 0.6) is 0 Å². The fraction of sp³-hybridized carbons (Fsp3) is 0.333. The molecule has 1 aromatic carbocycles. The van der Waals surface area contributed by atoms with Crippen molar-refractivity contribution in [1.29, 1.82) is 0 Å². The van der Waals surface area contributed by atoms with Crippen LogP contribution in [-0.2, 0) is 4.74 Å². The van der Waals surface area contributed by atoms with E-state index in [1.165, 1.54) is 4.90 Å². The molecular formula is C15H16ClN3O3. The Bertz CT molecular complexity index is 700. The zero-order chi connectivity index (χ0) is 15.9. The molecule has 0 aliphatic carbocycles. The smallest absolute Gasteiger partial charge is 0.410 e. The number of nitrogens with one attached hydrogen (secondary N) is 1. The lowest BCUT2D eigenvalue weighted by atomic mass is 10.0. The summed E-state index contributed by atoms with van der Waals surface area (Å²) in [5.74, 6) is 0.645. The number of carboxylic acid groups (broad SMARTS) is 1. The van der Waals surface area contributed by atoms with Gasteiger partial charge in [0.2, 0.25) is 0 Å². The minimum Gasteiger partial charge on any atom is -0.465 e. The first kappa shape index (κ1) is 14.9. The quantitative estimate of drug-likeness (QED) is 0.887. The number of aromatic nitrogens is 2. The minimum absolute atomic E-state index is 0.304. The van der Waals surface area contributed by atoms with Crippen LogP contribution in [0.1, 0.15) is 25.5 Å². The first-order valence-corrected chi connectivity index (χ1v) is 7.23. The predicted molar refractivity (Wildman–Crippen MR) is 81.7 cm³/mol. The number of H-pyrrole nitrogens is 1. The molecule has 1 aromatic heterocycles. The highest BCUT2D eigenvalue weighted by Gasteiger charge is 2.44. The number of rotatable bonds is 2. The van der Waals surface area contributed by atoms with E-state index >= 15 is 0 Å². The van der Waals surface area contributed by atoms with Crippen molar-refractivity contribution in [2.45, 2.75) is 25.6 Å². The van der Waals surface area contributed by atoms with Crippen LogP contribution in [0.25, 0.3) is 11.4 Å². The molecule has 0 spiro atoms. The van der Waals surface area contributed by atoms with Crippen LogP contribution < -0.4 is 0 Å². The van der Waals surface area contributed by atoms with Gasteiger partial charge in [-0.1, -0.05) is 17.7 Å². The molecule has 2 N–H and O–H groups in total. The van der Waals surface area contributed by atoms with Crippen molar-refractivity contribution in [3.63, 3.8) is 0 Å². The Morgan fingerprint density at radius 2 is 2.32 bits per heavy atom. The zero-order valence-corrected chi connectivity index (χ0v) is 13.0. The number of hydrogen-bond acceptors (Lipinski definition) is 3. The Morgan fingerprint density at radius 1 is 1.55 bits per heavy atom. The second kappa shape index (κ2) is 5.30. The highest BCUT2D eigenvalue weighted by atomic mass is 35.5. The number of carbonyl (C=O) groups is 1. The maximum atomic E-state index is 11.6. The number of aromatic amines is 1. The fourth-order valence-corrected chi connectivity index (χ4v) is 2.96. The normalized spacial score (nSPS) is 20.3. The van der Waals surface area contributed by atoms with Crippen molar-refractivity contribution < 1.29 is 14.6 Å². The molecule has 1 aliphatic heterocycles. The third-order valence-electron chi connectivity index (χ3n) is 3.82. The third-order valence-corrected chi connectivity index (χ3v) is 4.15. The van der Waals surface area contributed by atoms with E-state index in [9.17, 15) is 9.90 Å². The standard InChI is InChI=1S/C15H16ClN3O3/c1-15(2)19(14(20)21)12(8-22-15)9-3-4-11(16)10(7-9)13-17-5-6-18-13/h3-7,12H,8H2,1-2H3,(H,17,18)(H,20,21)/t12-/m1/s1. The van der Waals surface area contributed by atoms with Gasteiger partial charge in [0.05, 0.1) is 17.7 Å². The van der Waals surface area contributed by atoms with Gasteiger partial charge in [-0.25, -0.2) is 9.78 Å². The van der Waals surface area contributed by atoms with Gasteiger partial charge in [0.15, 0.2) is 0 Å². The van der Waals surface area contributed by atoms with E-state index in [1.807, 2.05) is 12.1 Å². The number of ether oxygens (including phenoxy) is 1. The van der Waals surface area contributed by atoms with Gasteiger partial charge in [0.25, 0.3) is 0 Å². The molecule has 3 rings (SSSR count). The molecule has 1 amide bonds. The van der Waals surface area contributed by atoms with Crippen molar-refractivity contribution in [2.24, 2.45) is 0 Å². The molecular weight excluding hydrogens is 306 g/mol. The van der Waals surface area contributed by atoms with Crippen molar-refractivity contribution >= 4 is 17.7 Å². The van der Waals surface area contributed by atoms with E-state index in [4.69, 9.17) is 16.3 Å². The zero-order valence-electron chi connectivity index (χ0n) is 12.2. The molecule has 2 heterocycles. The summed E-state index contributed by atoms with van der Waals surface area (Å²) in [4.78, 5) is 20.1. The number of halogens is 1. The number of nitrogens with zero attached hydrogens (tertiary/aromatic N) is 2. The second-order valence-corrected chi connectivity index (χ2v) is 6.01. The molecule has 6 nitrogen and oxygen atoms in total. The Labute approximate surface area is 132 Å².